The first-order chi connectivity index (χ1) is 19.7. The number of halogens is 1. The number of carbonyl (C=O) groups excluding carboxylic acids is 1. The summed E-state index contributed by atoms with van der Waals surface area (Å²) in [5.41, 5.74) is 4.94. The van der Waals surface area contributed by atoms with Crippen molar-refractivity contribution in [1.29, 1.82) is 0 Å². The van der Waals surface area contributed by atoms with E-state index in [1.807, 2.05) is 6.07 Å². The van der Waals surface area contributed by atoms with Gasteiger partial charge in [-0.2, -0.15) is 0 Å². The van der Waals surface area contributed by atoms with Gasteiger partial charge in [0.2, 0.25) is 0 Å². The van der Waals surface area contributed by atoms with Crippen molar-refractivity contribution in [2.24, 2.45) is 0 Å². The van der Waals surface area contributed by atoms with E-state index >= 15 is 0 Å². The maximum absolute atomic E-state index is 13.8. The zero-order valence-corrected chi connectivity index (χ0v) is 23.4. The zero-order chi connectivity index (χ0) is 28.7. The SMILES string of the molecule is CC(C)c1cccc(C2(c3nc4c(c(=O)[nH]3)CN(C(=O)[C@H](O)c3cccc(-c5cccc(F)c5)c3)CCC4)CC2)c1. The molecule has 1 fully saturated rings. The summed E-state index contributed by atoms with van der Waals surface area (Å²) >= 11 is 0. The van der Waals surface area contributed by atoms with Gasteiger partial charge >= 0.3 is 0 Å². The number of aromatic nitrogens is 2. The predicted octanol–water partition coefficient (Wildman–Crippen LogP) is 5.79. The molecule has 0 unspecified atom stereocenters. The minimum Gasteiger partial charge on any atom is -0.378 e. The second-order valence-electron chi connectivity index (χ2n) is 11.6. The molecule has 1 aromatic heterocycles. The molecule has 3 aromatic carbocycles. The molecule has 1 aliphatic heterocycles. The first-order valence-corrected chi connectivity index (χ1v) is 14.3. The van der Waals surface area contributed by atoms with E-state index in [1.165, 1.54) is 23.3 Å². The molecule has 2 heterocycles. The Bertz CT molecular complexity index is 1670. The summed E-state index contributed by atoms with van der Waals surface area (Å²) in [6.07, 6.45) is 1.69. The molecule has 2 aliphatic rings. The summed E-state index contributed by atoms with van der Waals surface area (Å²) in [6.45, 7) is 4.85. The standard InChI is InChI=1S/C34H34FN3O3/c1-21(2)22-7-4-11-26(18-22)34(14-15-34)33-36-29-13-6-16-38(20-28(29)31(40)37-33)32(41)30(39)25-10-3-8-23(17-25)24-9-5-12-27(35)19-24/h3-5,7-12,17-19,21,30,39H,6,13-16,20H2,1-2H3,(H,36,37,40)/t30-/m1/s1. The minimum atomic E-state index is -1.40. The highest BCUT2D eigenvalue weighted by molar-refractivity contribution is 5.83. The molecule has 0 radical (unpaired) electrons. The number of carbonyl (C=O) groups is 1. The van der Waals surface area contributed by atoms with Crippen LogP contribution in [0, 0.1) is 5.82 Å². The molecule has 0 bridgehead atoms. The molecule has 7 heteroatoms. The van der Waals surface area contributed by atoms with Gasteiger partial charge in [-0.25, -0.2) is 9.37 Å². The summed E-state index contributed by atoms with van der Waals surface area (Å²) in [5.74, 6) is 0.289. The van der Waals surface area contributed by atoms with Crippen molar-refractivity contribution in [1.82, 2.24) is 14.9 Å². The van der Waals surface area contributed by atoms with Gasteiger partial charge in [0.1, 0.15) is 11.6 Å². The number of fused-ring (bicyclic) bond motifs is 1. The Morgan fingerprint density at radius 2 is 1.71 bits per heavy atom. The normalized spacial score (nSPS) is 16.7. The van der Waals surface area contributed by atoms with E-state index in [0.29, 0.717) is 53.4 Å². The molecule has 1 amide bonds. The number of H-pyrrole nitrogens is 1. The fraction of sp³-hybridized carbons (Fsp3) is 0.324. The van der Waals surface area contributed by atoms with E-state index in [4.69, 9.17) is 4.98 Å². The number of benzene rings is 3. The fourth-order valence-electron chi connectivity index (χ4n) is 5.89. The highest BCUT2D eigenvalue weighted by Crippen LogP contribution is 2.52. The van der Waals surface area contributed by atoms with Crippen molar-refractivity contribution < 1.29 is 14.3 Å². The maximum atomic E-state index is 13.8. The van der Waals surface area contributed by atoms with Crippen molar-refractivity contribution in [3.8, 4) is 11.1 Å². The second kappa shape index (κ2) is 10.7. The van der Waals surface area contributed by atoms with Crippen LogP contribution in [-0.4, -0.2) is 32.4 Å². The van der Waals surface area contributed by atoms with E-state index < -0.39 is 12.0 Å². The molecule has 0 saturated heterocycles. The van der Waals surface area contributed by atoms with Gasteiger partial charge < -0.3 is 15.0 Å². The van der Waals surface area contributed by atoms with Crippen LogP contribution < -0.4 is 5.56 Å². The quantitative estimate of drug-likeness (QED) is 0.318. The lowest BCUT2D eigenvalue weighted by molar-refractivity contribution is -0.141. The smallest absolute Gasteiger partial charge is 0.256 e. The molecule has 2 N–H and O–H groups in total. The Balaban J connectivity index is 1.25. The minimum absolute atomic E-state index is 0.0905. The van der Waals surface area contributed by atoms with Gasteiger partial charge in [-0.15, -0.1) is 0 Å². The van der Waals surface area contributed by atoms with Crippen LogP contribution in [0.5, 0.6) is 0 Å². The lowest BCUT2D eigenvalue weighted by atomic mass is 9.90. The van der Waals surface area contributed by atoms with E-state index in [1.54, 1.807) is 35.2 Å². The summed E-state index contributed by atoms with van der Waals surface area (Å²) < 4.78 is 13.8. The van der Waals surface area contributed by atoms with Crippen LogP contribution in [0.3, 0.4) is 0 Å². The number of hydrogen-bond donors (Lipinski definition) is 2. The Morgan fingerprint density at radius 3 is 2.44 bits per heavy atom. The Morgan fingerprint density at radius 1 is 1.00 bits per heavy atom. The first kappa shape index (κ1) is 27.1. The topological polar surface area (TPSA) is 86.3 Å². The third-order valence-corrected chi connectivity index (χ3v) is 8.51. The molecule has 41 heavy (non-hydrogen) atoms. The zero-order valence-electron chi connectivity index (χ0n) is 23.4. The summed E-state index contributed by atoms with van der Waals surface area (Å²) in [4.78, 5) is 36.5. The lowest BCUT2D eigenvalue weighted by Gasteiger charge is -2.24. The molecule has 0 spiro atoms. The first-order valence-electron chi connectivity index (χ1n) is 14.3. The Kier molecular flexibility index (Phi) is 7.08. The van der Waals surface area contributed by atoms with Crippen molar-refractivity contribution in [2.75, 3.05) is 6.54 Å². The van der Waals surface area contributed by atoms with Crippen molar-refractivity contribution >= 4 is 5.91 Å². The van der Waals surface area contributed by atoms with Gasteiger partial charge in [0.25, 0.3) is 11.5 Å². The van der Waals surface area contributed by atoms with Gasteiger partial charge in [-0.3, -0.25) is 9.59 Å². The number of aromatic amines is 1. The monoisotopic (exact) mass is 551 g/mol. The molecule has 6 rings (SSSR count). The Labute approximate surface area is 238 Å². The van der Waals surface area contributed by atoms with Crippen LogP contribution in [0.15, 0.2) is 77.6 Å². The third kappa shape index (κ3) is 5.22. The van der Waals surface area contributed by atoms with Crippen LogP contribution in [0.4, 0.5) is 4.39 Å². The molecule has 1 aliphatic carbocycles. The average molecular weight is 552 g/mol. The molecule has 4 aromatic rings. The number of aryl methyl sites for hydroxylation is 1. The van der Waals surface area contributed by atoms with Crippen LogP contribution in [-0.2, 0) is 23.2 Å². The highest BCUT2D eigenvalue weighted by atomic mass is 19.1. The van der Waals surface area contributed by atoms with Crippen molar-refractivity contribution in [3.05, 3.63) is 123 Å². The fourth-order valence-corrected chi connectivity index (χ4v) is 5.89. The van der Waals surface area contributed by atoms with Crippen molar-refractivity contribution in [3.63, 3.8) is 0 Å². The number of nitrogens with zero attached hydrogens (tertiary/aromatic N) is 2. The summed E-state index contributed by atoms with van der Waals surface area (Å²) in [6, 6.07) is 21.7. The van der Waals surface area contributed by atoms with Crippen molar-refractivity contribution in [2.45, 2.75) is 63.5 Å². The van der Waals surface area contributed by atoms with Gasteiger partial charge in [0, 0.05) is 6.54 Å². The average Bonchev–Trinajstić information content (AvgIpc) is 3.81. The van der Waals surface area contributed by atoms with Crippen LogP contribution >= 0.6 is 0 Å². The molecule has 1 atom stereocenters. The van der Waals surface area contributed by atoms with Crippen LogP contribution in [0.25, 0.3) is 11.1 Å². The van der Waals surface area contributed by atoms with E-state index in [-0.39, 0.29) is 23.3 Å². The molecule has 1 saturated carbocycles. The molecular formula is C34H34FN3O3. The maximum Gasteiger partial charge on any atom is 0.256 e. The number of nitrogens with one attached hydrogen (secondary N) is 1. The predicted molar refractivity (Wildman–Crippen MR) is 156 cm³/mol. The lowest BCUT2D eigenvalue weighted by Crippen LogP contribution is -2.36. The van der Waals surface area contributed by atoms with E-state index in [9.17, 15) is 19.1 Å². The van der Waals surface area contributed by atoms with Gasteiger partial charge in [-0.05, 0) is 77.6 Å². The largest absolute Gasteiger partial charge is 0.378 e. The number of rotatable bonds is 6. The summed E-state index contributed by atoms with van der Waals surface area (Å²) in [5, 5.41) is 11.1. The van der Waals surface area contributed by atoms with E-state index in [0.717, 1.165) is 18.5 Å². The Hall–Kier alpha value is -4.10. The molecule has 210 valence electrons. The van der Waals surface area contributed by atoms with Gasteiger partial charge in [-0.1, -0.05) is 68.4 Å². The van der Waals surface area contributed by atoms with Gasteiger partial charge in [0.05, 0.1) is 23.2 Å². The number of amides is 1. The van der Waals surface area contributed by atoms with Gasteiger partial charge in [0.15, 0.2) is 6.10 Å². The molecule has 6 nitrogen and oxygen atoms in total. The van der Waals surface area contributed by atoms with Crippen LogP contribution in [0.2, 0.25) is 0 Å². The van der Waals surface area contributed by atoms with E-state index in [2.05, 4.69) is 43.1 Å². The second-order valence-corrected chi connectivity index (χ2v) is 11.6. The number of aliphatic hydroxyl groups excluding tert-OH is 1. The third-order valence-electron chi connectivity index (χ3n) is 8.51. The number of aliphatic hydroxyl groups is 1. The number of hydrogen-bond acceptors (Lipinski definition) is 4. The van der Waals surface area contributed by atoms with Crippen LogP contribution in [0.1, 0.15) is 78.9 Å². The highest BCUT2D eigenvalue weighted by Gasteiger charge is 2.49. The summed E-state index contributed by atoms with van der Waals surface area (Å²) in [7, 11) is 0. The molecular weight excluding hydrogens is 517 g/mol.